The predicted molar refractivity (Wildman–Crippen MR) is 69.7 cm³/mol. The van der Waals surface area contributed by atoms with Crippen LogP contribution in [0.5, 0.6) is 0 Å². The van der Waals surface area contributed by atoms with Crippen molar-refractivity contribution in [1.29, 1.82) is 0 Å². The first kappa shape index (κ1) is 11.4. The van der Waals surface area contributed by atoms with Crippen LogP contribution in [0.3, 0.4) is 0 Å². The molecule has 18 heavy (non-hydrogen) atoms. The molecule has 0 amide bonds. The zero-order chi connectivity index (χ0) is 12.4. The monoisotopic (exact) mass is 246 g/mol. The van der Waals surface area contributed by atoms with Crippen molar-refractivity contribution in [1.82, 2.24) is 24.9 Å². The van der Waals surface area contributed by atoms with E-state index in [-0.39, 0.29) is 0 Å². The minimum atomic E-state index is 0.642. The Morgan fingerprint density at radius 1 is 1.39 bits per heavy atom. The van der Waals surface area contributed by atoms with E-state index in [1.165, 1.54) is 0 Å². The summed E-state index contributed by atoms with van der Waals surface area (Å²) in [6.45, 7) is 5.25. The number of piperidine rings is 1. The highest BCUT2D eigenvalue weighted by atomic mass is 15.3. The number of nitrogens with one attached hydrogen (secondary N) is 1. The molecule has 96 valence electrons. The zero-order valence-corrected chi connectivity index (χ0v) is 10.6. The van der Waals surface area contributed by atoms with E-state index in [9.17, 15) is 0 Å². The number of hydrogen-bond donors (Lipinski definition) is 1. The van der Waals surface area contributed by atoms with Gasteiger partial charge in [-0.1, -0.05) is 6.92 Å². The maximum absolute atomic E-state index is 4.46. The Hall–Kier alpha value is -1.69. The third-order valence-corrected chi connectivity index (χ3v) is 3.48. The lowest BCUT2D eigenvalue weighted by Crippen LogP contribution is -2.42. The molecule has 0 bridgehead atoms. The van der Waals surface area contributed by atoms with E-state index >= 15 is 0 Å². The number of aromatic nitrogens is 4. The minimum absolute atomic E-state index is 0.642. The van der Waals surface area contributed by atoms with Gasteiger partial charge in [0.2, 0.25) is 5.65 Å². The average molecular weight is 246 g/mol. The van der Waals surface area contributed by atoms with Gasteiger partial charge in [0.15, 0.2) is 5.82 Å². The topological polar surface area (TPSA) is 58.4 Å². The van der Waals surface area contributed by atoms with Crippen LogP contribution in [0.2, 0.25) is 0 Å². The van der Waals surface area contributed by atoms with Crippen LogP contribution < -0.4 is 10.2 Å². The average Bonchev–Trinajstić information content (AvgIpc) is 2.88. The maximum atomic E-state index is 4.46. The first-order valence-corrected chi connectivity index (χ1v) is 6.51. The molecular weight excluding hydrogens is 228 g/mol. The summed E-state index contributed by atoms with van der Waals surface area (Å²) in [5.41, 5.74) is 0.847. The Morgan fingerprint density at radius 2 is 2.22 bits per heavy atom. The fourth-order valence-corrected chi connectivity index (χ4v) is 2.55. The second kappa shape index (κ2) is 4.89. The van der Waals surface area contributed by atoms with Gasteiger partial charge >= 0.3 is 0 Å². The Balaban J connectivity index is 1.78. The van der Waals surface area contributed by atoms with Gasteiger partial charge in [0.25, 0.3) is 0 Å². The second-order valence-electron chi connectivity index (χ2n) is 4.63. The summed E-state index contributed by atoms with van der Waals surface area (Å²) in [6, 6.07) is 0.642. The van der Waals surface area contributed by atoms with Gasteiger partial charge < -0.3 is 10.2 Å². The lowest BCUT2D eigenvalue weighted by Gasteiger charge is -2.32. The van der Waals surface area contributed by atoms with Crippen LogP contribution in [0.4, 0.5) is 5.82 Å². The summed E-state index contributed by atoms with van der Waals surface area (Å²) in [4.78, 5) is 6.76. The van der Waals surface area contributed by atoms with E-state index in [1.54, 1.807) is 6.33 Å². The summed E-state index contributed by atoms with van der Waals surface area (Å²) >= 11 is 0. The number of fused-ring (bicyclic) bond motifs is 1. The summed E-state index contributed by atoms with van der Waals surface area (Å²) in [5.74, 6) is 0.949. The van der Waals surface area contributed by atoms with Crippen LogP contribution in [0.25, 0.3) is 5.65 Å². The number of nitrogens with zero attached hydrogens (tertiary/aromatic N) is 5. The van der Waals surface area contributed by atoms with Gasteiger partial charge in [-0.3, -0.25) is 4.40 Å². The van der Waals surface area contributed by atoms with Crippen LogP contribution in [-0.4, -0.2) is 45.3 Å². The van der Waals surface area contributed by atoms with Gasteiger partial charge in [-0.05, 0) is 19.4 Å². The first-order valence-electron chi connectivity index (χ1n) is 6.51. The lowest BCUT2D eigenvalue weighted by molar-refractivity contribution is 0.422. The highest BCUT2D eigenvalue weighted by molar-refractivity contribution is 5.63. The Bertz CT molecular complexity index is 514. The first-order chi connectivity index (χ1) is 8.88. The van der Waals surface area contributed by atoms with Crippen molar-refractivity contribution in [2.45, 2.75) is 25.8 Å². The molecule has 1 N–H and O–H groups in total. The third kappa shape index (κ3) is 2.03. The van der Waals surface area contributed by atoms with Gasteiger partial charge in [-0.25, -0.2) is 4.98 Å². The molecule has 1 aliphatic heterocycles. The number of anilines is 1. The highest BCUT2D eigenvalue weighted by Gasteiger charge is 2.21. The van der Waals surface area contributed by atoms with Crippen LogP contribution in [0.15, 0.2) is 18.7 Å². The predicted octanol–water partition coefficient (Wildman–Crippen LogP) is 0.703. The SMILES string of the molecule is CCNC1CCN(c2nccn3cnnc23)CC1. The Kier molecular flexibility index (Phi) is 3.10. The van der Waals surface area contributed by atoms with Gasteiger partial charge in [0.05, 0.1) is 0 Å². The highest BCUT2D eigenvalue weighted by Crippen LogP contribution is 2.20. The van der Waals surface area contributed by atoms with Crippen molar-refractivity contribution < 1.29 is 0 Å². The molecule has 6 nitrogen and oxygen atoms in total. The quantitative estimate of drug-likeness (QED) is 0.864. The molecule has 2 aromatic heterocycles. The van der Waals surface area contributed by atoms with E-state index in [2.05, 4.69) is 32.3 Å². The lowest BCUT2D eigenvalue weighted by atomic mass is 10.1. The fraction of sp³-hybridized carbons (Fsp3) is 0.583. The summed E-state index contributed by atoms with van der Waals surface area (Å²) < 4.78 is 1.92. The molecule has 1 saturated heterocycles. The zero-order valence-electron chi connectivity index (χ0n) is 10.6. The summed E-state index contributed by atoms with van der Waals surface area (Å²) in [7, 11) is 0. The van der Waals surface area contributed by atoms with Crippen LogP contribution >= 0.6 is 0 Å². The van der Waals surface area contributed by atoms with Crippen LogP contribution in [0.1, 0.15) is 19.8 Å². The molecule has 0 spiro atoms. The van der Waals surface area contributed by atoms with Gasteiger partial charge in [0, 0.05) is 31.5 Å². The molecule has 2 aromatic rings. The van der Waals surface area contributed by atoms with Crippen molar-refractivity contribution in [3.8, 4) is 0 Å². The molecule has 0 radical (unpaired) electrons. The molecule has 0 unspecified atom stereocenters. The molecule has 1 fully saturated rings. The summed E-state index contributed by atoms with van der Waals surface area (Å²) in [5, 5.41) is 11.6. The number of rotatable bonds is 3. The molecule has 0 saturated carbocycles. The largest absolute Gasteiger partial charge is 0.353 e. The fourth-order valence-electron chi connectivity index (χ4n) is 2.55. The van der Waals surface area contributed by atoms with E-state index in [1.807, 2.05) is 16.8 Å². The standard InChI is InChI=1S/C12H18N6/c1-2-13-10-3-6-17(7-4-10)11-12-16-15-9-18(12)8-5-14-11/h5,8-10,13H,2-4,6-7H2,1H3. The molecule has 6 heteroatoms. The second-order valence-corrected chi connectivity index (χ2v) is 4.63. The van der Waals surface area contributed by atoms with E-state index < -0.39 is 0 Å². The molecule has 0 atom stereocenters. The maximum Gasteiger partial charge on any atom is 0.203 e. The van der Waals surface area contributed by atoms with Gasteiger partial charge in [-0.15, -0.1) is 10.2 Å². The molecular formula is C12H18N6. The van der Waals surface area contributed by atoms with Crippen molar-refractivity contribution >= 4 is 11.5 Å². The van der Waals surface area contributed by atoms with Crippen molar-refractivity contribution in [2.24, 2.45) is 0 Å². The molecule has 3 rings (SSSR count). The third-order valence-electron chi connectivity index (χ3n) is 3.48. The van der Waals surface area contributed by atoms with E-state index in [4.69, 9.17) is 0 Å². The smallest absolute Gasteiger partial charge is 0.203 e. The molecule has 3 heterocycles. The van der Waals surface area contributed by atoms with Crippen molar-refractivity contribution in [3.63, 3.8) is 0 Å². The molecule has 0 aliphatic carbocycles. The molecule has 0 aromatic carbocycles. The molecule has 1 aliphatic rings. The Morgan fingerprint density at radius 3 is 3.00 bits per heavy atom. The van der Waals surface area contributed by atoms with E-state index in [0.717, 1.165) is 43.9 Å². The van der Waals surface area contributed by atoms with Crippen LogP contribution in [0, 0.1) is 0 Å². The van der Waals surface area contributed by atoms with Gasteiger partial charge in [-0.2, -0.15) is 0 Å². The minimum Gasteiger partial charge on any atom is -0.353 e. The summed E-state index contributed by atoms with van der Waals surface area (Å²) in [6.07, 6.45) is 7.72. The van der Waals surface area contributed by atoms with Gasteiger partial charge in [0.1, 0.15) is 6.33 Å². The van der Waals surface area contributed by atoms with Crippen molar-refractivity contribution in [3.05, 3.63) is 18.7 Å². The van der Waals surface area contributed by atoms with E-state index in [0.29, 0.717) is 6.04 Å². The van der Waals surface area contributed by atoms with Crippen LogP contribution in [-0.2, 0) is 0 Å². The Labute approximate surface area is 106 Å². The number of hydrogen-bond acceptors (Lipinski definition) is 5. The normalized spacial score (nSPS) is 17.5. The van der Waals surface area contributed by atoms with Crippen molar-refractivity contribution in [2.75, 3.05) is 24.5 Å².